The minimum atomic E-state index is 0.622. The molecule has 3 nitrogen and oxygen atoms in total. The fourth-order valence-electron chi connectivity index (χ4n) is 1.41. The largest absolute Gasteiger partial charge is 0.309 e. The van der Waals surface area contributed by atoms with E-state index in [9.17, 15) is 0 Å². The monoisotopic (exact) mass is 151 g/mol. The molecule has 0 aliphatic carbocycles. The molecule has 1 aromatic heterocycles. The number of hydrogen-bond acceptors (Lipinski definition) is 2. The summed E-state index contributed by atoms with van der Waals surface area (Å²) in [5, 5.41) is 7.65. The average Bonchev–Trinajstić information content (AvgIpc) is 2.38. The fraction of sp³-hybridized carbons (Fsp3) is 0.625. The number of aromatic nitrogens is 2. The van der Waals surface area contributed by atoms with Crippen molar-refractivity contribution in [2.75, 3.05) is 0 Å². The summed E-state index contributed by atoms with van der Waals surface area (Å²) in [6.07, 6.45) is 3.04. The zero-order valence-electron chi connectivity index (χ0n) is 6.75. The lowest BCUT2D eigenvalue weighted by molar-refractivity contribution is 0.504. The summed E-state index contributed by atoms with van der Waals surface area (Å²) in [5.41, 5.74) is 1.30. The number of nitrogens with one attached hydrogen (secondary N) is 1. The lowest BCUT2D eigenvalue weighted by Gasteiger charge is -2.06. The molecule has 0 fully saturated rings. The number of nitrogens with zero attached hydrogens (tertiary/aromatic N) is 2. The number of hydrogen-bond donors (Lipinski definition) is 1. The van der Waals surface area contributed by atoms with Crippen molar-refractivity contribution in [1.29, 1.82) is 0 Å². The predicted octanol–water partition coefficient (Wildman–Crippen LogP) is 0.765. The molecule has 0 radical (unpaired) electrons. The lowest BCUT2D eigenvalue weighted by atomic mass is 10.2. The fourth-order valence-corrected chi connectivity index (χ4v) is 1.41. The van der Waals surface area contributed by atoms with E-state index in [-0.39, 0.29) is 0 Å². The van der Waals surface area contributed by atoms with Crippen molar-refractivity contribution in [2.24, 2.45) is 0 Å². The molecule has 0 aromatic carbocycles. The van der Waals surface area contributed by atoms with Gasteiger partial charge in [-0.15, -0.1) is 0 Å². The zero-order chi connectivity index (χ0) is 7.68. The Morgan fingerprint density at radius 2 is 2.64 bits per heavy atom. The van der Waals surface area contributed by atoms with Crippen molar-refractivity contribution in [2.45, 2.75) is 32.5 Å². The maximum absolute atomic E-state index is 4.23. The summed E-state index contributed by atoms with van der Waals surface area (Å²) in [6.45, 7) is 4.23. The third kappa shape index (κ3) is 1.28. The molecule has 0 bridgehead atoms. The standard InChI is InChI=1S/C8H13N3/c1-7-3-5-11-8(6-9-7)2-4-10-11/h2,4,7,9H,3,5-6H2,1H3/t7-/m0/s1. The van der Waals surface area contributed by atoms with E-state index in [1.807, 2.05) is 6.20 Å². The maximum atomic E-state index is 4.23. The van der Waals surface area contributed by atoms with E-state index in [1.54, 1.807) is 0 Å². The Balaban J connectivity index is 2.20. The van der Waals surface area contributed by atoms with E-state index in [1.165, 1.54) is 12.1 Å². The molecule has 0 saturated heterocycles. The van der Waals surface area contributed by atoms with Crippen LogP contribution in [-0.4, -0.2) is 15.8 Å². The van der Waals surface area contributed by atoms with Crippen LogP contribution in [0.4, 0.5) is 0 Å². The van der Waals surface area contributed by atoms with Gasteiger partial charge in [0.15, 0.2) is 0 Å². The van der Waals surface area contributed by atoms with Crippen molar-refractivity contribution >= 4 is 0 Å². The minimum absolute atomic E-state index is 0.622. The van der Waals surface area contributed by atoms with E-state index in [0.717, 1.165) is 13.1 Å². The Labute approximate surface area is 66.4 Å². The Bertz CT molecular complexity index is 219. The minimum Gasteiger partial charge on any atom is -0.309 e. The molecule has 2 heterocycles. The van der Waals surface area contributed by atoms with Gasteiger partial charge in [0.1, 0.15) is 0 Å². The third-order valence-electron chi connectivity index (χ3n) is 2.21. The molecule has 1 atom stereocenters. The first-order valence-corrected chi connectivity index (χ1v) is 4.10. The number of aryl methyl sites for hydroxylation is 1. The van der Waals surface area contributed by atoms with E-state index in [4.69, 9.17) is 0 Å². The van der Waals surface area contributed by atoms with Gasteiger partial charge in [0, 0.05) is 25.3 Å². The van der Waals surface area contributed by atoms with E-state index in [2.05, 4.69) is 28.1 Å². The molecule has 0 amide bonds. The molecular formula is C8H13N3. The normalized spacial score (nSPS) is 24.3. The molecule has 0 saturated carbocycles. The molecule has 0 unspecified atom stereocenters. The first kappa shape index (κ1) is 6.85. The van der Waals surface area contributed by atoms with Gasteiger partial charge in [-0.1, -0.05) is 0 Å². The second-order valence-corrected chi connectivity index (χ2v) is 3.12. The smallest absolute Gasteiger partial charge is 0.0522 e. The topological polar surface area (TPSA) is 29.9 Å². The maximum Gasteiger partial charge on any atom is 0.0522 e. The van der Waals surface area contributed by atoms with Crippen LogP contribution in [0.5, 0.6) is 0 Å². The summed E-state index contributed by atoms with van der Waals surface area (Å²) in [4.78, 5) is 0. The van der Waals surface area contributed by atoms with Gasteiger partial charge in [-0.25, -0.2) is 0 Å². The Morgan fingerprint density at radius 3 is 3.55 bits per heavy atom. The average molecular weight is 151 g/mol. The van der Waals surface area contributed by atoms with Crippen molar-refractivity contribution in [1.82, 2.24) is 15.1 Å². The highest BCUT2D eigenvalue weighted by Crippen LogP contribution is 2.06. The van der Waals surface area contributed by atoms with Gasteiger partial charge in [0.05, 0.1) is 5.69 Å². The molecule has 0 spiro atoms. The van der Waals surface area contributed by atoms with E-state index >= 15 is 0 Å². The van der Waals surface area contributed by atoms with Crippen LogP contribution in [0.3, 0.4) is 0 Å². The molecule has 1 N–H and O–H groups in total. The van der Waals surface area contributed by atoms with Crippen molar-refractivity contribution in [3.63, 3.8) is 0 Å². The molecule has 1 aromatic rings. The number of rotatable bonds is 0. The van der Waals surface area contributed by atoms with Crippen molar-refractivity contribution in [3.8, 4) is 0 Å². The molecule has 3 heteroatoms. The van der Waals surface area contributed by atoms with Crippen LogP contribution >= 0.6 is 0 Å². The van der Waals surface area contributed by atoms with Crippen LogP contribution < -0.4 is 5.32 Å². The molecule has 11 heavy (non-hydrogen) atoms. The van der Waals surface area contributed by atoms with Gasteiger partial charge >= 0.3 is 0 Å². The van der Waals surface area contributed by atoms with Gasteiger partial charge in [-0.2, -0.15) is 5.10 Å². The van der Waals surface area contributed by atoms with Gasteiger partial charge < -0.3 is 5.32 Å². The van der Waals surface area contributed by atoms with Gasteiger partial charge in [-0.3, -0.25) is 4.68 Å². The van der Waals surface area contributed by atoms with Crippen LogP contribution in [-0.2, 0) is 13.1 Å². The van der Waals surface area contributed by atoms with Crippen molar-refractivity contribution < 1.29 is 0 Å². The summed E-state index contributed by atoms with van der Waals surface area (Å²) in [7, 11) is 0. The van der Waals surface area contributed by atoms with Crippen LogP contribution in [0.1, 0.15) is 19.0 Å². The Kier molecular flexibility index (Phi) is 1.66. The molecule has 1 aliphatic heterocycles. The van der Waals surface area contributed by atoms with E-state index < -0.39 is 0 Å². The number of fused-ring (bicyclic) bond motifs is 1. The molecule has 2 rings (SSSR count). The summed E-state index contributed by atoms with van der Waals surface area (Å²) in [5.74, 6) is 0. The summed E-state index contributed by atoms with van der Waals surface area (Å²) < 4.78 is 2.08. The third-order valence-corrected chi connectivity index (χ3v) is 2.21. The van der Waals surface area contributed by atoms with Gasteiger partial charge in [-0.05, 0) is 19.4 Å². The second kappa shape index (κ2) is 2.66. The zero-order valence-corrected chi connectivity index (χ0v) is 6.75. The first-order valence-electron chi connectivity index (χ1n) is 4.10. The highest BCUT2D eigenvalue weighted by Gasteiger charge is 2.10. The SMILES string of the molecule is C[C@H]1CCn2nccc2CN1. The van der Waals surface area contributed by atoms with Crippen LogP contribution in [0, 0.1) is 0 Å². The van der Waals surface area contributed by atoms with Crippen LogP contribution in [0.25, 0.3) is 0 Å². The highest BCUT2D eigenvalue weighted by molar-refractivity contribution is 5.01. The van der Waals surface area contributed by atoms with Crippen LogP contribution in [0.15, 0.2) is 12.3 Å². The van der Waals surface area contributed by atoms with Crippen LogP contribution in [0.2, 0.25) is 0 Å². The Hall–Kier alpha value is -0.830. The van der Waals surface area contributed by atoms with E-state index in [0.29, 0.717) is 6.04 Å². The summed E-state index contributed by atoms with van der Waals surface area (Å²) in [6, 6.07) is 2.70. The molecular weight excluding hydrogens is 138 g/mol. The Morgan fingerprint density at radius 1 is 1.73 bits per heavy atom. The predicted molar refractivity (Wildman–Crippen MR) is 43.1 cm³/mol. The van der Waals surface area contributed by atoms with Gasteiger partial charge in [0.2, 0.25) is 0 Å². The molecule has 1 aliphatic rings. The second-order valence-electron chi connectivity index (χ2n) is 3.12. The summed E-state index contributed by atoms with van der Waals surface area (Å²) >= 11 is 0. The molecule has 60 valence electrons. The lowest BCUT2D eigenvalue weighted by Crippen LogP contribution is -2.23. The first-order chi connectivity index (χ1) is 5.36. The highest BCUT2D eigenvalue weighted by atomic mass is 15.3. The van der Waals surface area contributed by atoms with Crippen molar-refractivity contribution in [3.05, 3.63) is 18.0 Å². The quantitative estimate of drug-likeness (QED) is 0.593. The van der Waals surface area contributed by atoms with Gasteiger partial charge in [0.25, 0.3) is 0 Å².